The van der Waals surface area contributed by atoms with Gasteiger partial charge in [0.15, 0.2) is 0 Å². The van der Waals surface area contributed by atoms with Gasteiger partial charge in [-0.2, -0.15) is 0 Å². The van der Waals surface area contributed by atoms with Crippen LogP contribution in [0.2, 0.25) is 0 Å². The van der Waals surface area contributed by atoms with E-state index in [1.54, 1.807) is 13.1 Å². The SMILES string of the molecule is CCC(NC(=O)NCCCC(C)C(=O)O)c1nccs1. The molecule has 2 amide bonds. The molecule has 0 aliphatic heterocycles. The van der Waals surface area contributed by atoms with Crippen molar-refractivity contribution >= 4 is 23.3 Å². The molecule has 0 fully saturated rings. The summed E-state index contributed by atoms with van der Waals surface area (Å²) in [6.07, 6.45) is 3.70. The highest BCUT2D eigenvalue weighted by atomic mass is 32.1. The summed E-state index contributed by atoms with van der Waals surface area (Å²) in [7, 11) is 0. The maximum Gasteiger partial charge on any atom is 0.315 e. The average Bonchev–Trinajstić information content (AvgIpc) is 2.94. The molecule has 0 spiro atoms. The van der Waals surface area contributed by atoms with Crippen LogP contribution in [0.25, 0.3) is 0 Å². The summed E-state index contributed by atoms with van der Waals surface area (Å²) in [5, 5.41) is 17.1. The van der Waals surface area contributed by atoms with E-state index in [-0.39, 0.29) is 18.0 Å². The molecule has 0 bridgehead atoms. The Morgan fingerprint density at radius 3 is 2.80 bits per heavy atom. The fourth-order valence-electron chi connectivity index (χ4n) is 1.69. The molecule has 1 aromatic rings. The standard InChI is InChI=1S/C13H21N3O3S/c1-3-10(11-14-7-8-20-11)16-13(19)15-6-4-5-9(2)12(17)18/h7-10H,3-6H2,1-2H3,(H,17,18)(H2,15,16,19). The lowest BCUT2D eigenvalue weighted by atomic mass is 10.1. The molecule has 0 aliphatic rings. The van der Waals surface area contributed by atoms with Crippen molar-refractivity contribution < 1.29 is 14.7 Å². The fraction of sp³-hybridized carbons (Fsp3) is 0.615. The zero-order valence-electron chi connectivity index (χ0n) is 11.8. The van der Waals surface area contributed by atoms with Crippen LogP contribution in [0.4, 0.5) is 4.79 Å². The van der Waals surface area contributed by atoms with Crippen LogP contribution in [0.15, 0.2) is 11.6 Å². The molecule has 112 valence electrons. The van der Waals surface area contributed by atoms with Gasteiger partial charge >= 0.3 is 12.0 Å². The van der Waals surface area contributed by atoms with E-state index in [1.165, 1.54) is 11.3 Å². The van der Waals surface area contributed by atoms with Gasteiger partial charge in [0.05, 0.1) is 12.0 Å². The molecule has 2 atom stereocenters. The molecule has 0 radical (unpaired) electrons. The number of hydrogen-bond acceptors (Lipinski definition) is 4. The maximum absolute atomic E-state index is 11.7. The molecular formula is C13H21N3O3S. The van der Waals surface area contributed by atoms with Gasteiger partial charge in [0.1, 0.15) is 5.01 Å². The number of nitrogens with zero attached hydrogens (tertiary/aromatic N) is 1. The van der Waals surface area contributed by atoms with Gasteiger partial charge in [0.2, 0.25) is 0 Å². The first-order valence-corrected chi connectivity index (χ1v) is 7.59. The lowest BCUT2D eigenvalue weighted by Crippen LogP contribution is -2.38. The van der Waals surface area contributed by atoms with Gasteiger partial charge in [-0.1, -0.05) is 13.8 Å². The second-order valence-corrected chi connectivity index (χ2v) is 5.54. The second kappa shape index (κ2) is 8.52. The van der Waals surface area contributed by atoms with Gasteiger partial charge in [-0.25, -0.2) is 9.78 Å². The Morgan fingerprint density at radius 2 is 2.25 bits per heavy atom. The zero-order chi connectivity index (χ0) is 15.0. The van der Waals surface area contributed by atoms with Gasteiger partial charge < -0.3 is 15.7 Å². The number of amides is 2. The molecule has 20 heavy (non-hydrogen) atoms. The smallest absolute Gasteiger partial charge is 0.315 e. The highest BCUT2D eigenvalue weighted by molar-refractivity contribution is 7.09. The molecule has 7 heteroatoms. The highest BCUT2D eigenvalue weighted by Crippen LogP contribution is 2.18. The molecule has 3 N–H and O–H groups in total. The molecule has 0 aliphatic carbocycles. The van der Waals surface area contributed by atoms with Crippen molar-refractivity contribution in [2.24, 2.45) is 5.92 Å². The minimum Gasteiger partial charge on any atom is -0.481 e. The first-order chi connectivity index (χ1) is 9.54. The third kappa shape index (κ3) is 5.56. The summed E-state index contributed by atoms with van der Waals surface area (Å²) in [6, 6.07) is -0.317. The number of rotatable bonds is 8. The van der Waals surface area contributed by atoms with Crippen LogP contribution >= 0.6 is 11.3 Å². The molecule has 1 heterocycles. The fourth-order valence-corrected chi connectivity index (χ4v) is 2.46. The molecule has 0 saturated carbocycles. The van der Waals surface area contributed by atoms with E-state index >= 15 is 0 Å². The normalized spacial score (nSPS) is 13.5. The molecule has 2 unspecified atom stereocenters. The number of carbonyl (C=O) groups excluding carboxylic acids is 1. The topological polar surface area (TPSA) is 91.3 Å². The predicted molar refractivity (Wildman–Crippen MR) is 77.7 cm³/mol. The van der Waals surface area contributed by atoms with Crippen molar-refractivity contribution in [3.05, 3.63) is 16.6 Å². The van der Waals surface area contributed by atoms with Crippen molar-refractivity contribution in [1.29, 1.82) is 0 Å². The van der Waals surface area contributed by atoms with Crippen molar-refractivity contribution in [3.63, 3.8) is 0 Å². The average molecular weight is 299 g/mol. The Hall–Kier alpha value is -1.63. The van der Waals surface area contributed by atoms with Crippen molar-refractivity contribution in [1.82, 2.24) is 15.6 Å². The number of thiazole rings is 1. The van der Waals surface area contributed by atoms with Crippen LogP contribution in [0, 0.1) is 5.92 Å². The third-order valence-electron chi connectivity index (χ3n) is 2.98. The molecule has 6 nitrogen and oxygen atoms in total. The summed E-state index contributed by atoms with van der Waals surface area (Å²) in [5.41, 5.74) is 0. The van der Waals surface area contributed by atoms with Crippen molar-refractivity contribution in [3.8, 4) is 0 Å². The summed E-state index contributed by atoms with van der Waals surface area (Å²) in [6.45, 7) is 4.12. The number of carbonyl (C=O) groups is 2. The first-order valence-electron chi connectivity index (χ1n) is 6.71. The van der Waals surface area contributed by atoms with Gasteiger partial charge in [-0.05, 0) is 19.3 Å². The van der Waals surface area contributed by atoms with Crippen LogP contribution in [-0.2, 0) is 4.79 Å². The van der Waals surface area contributed by atoms with Gasteiger partial charge in [0.25, 0.3) is 0 Å². The Balaban J connectivity index is 2.24. The van der Waals surface area contributed by atoms with Crippen LogP contribution in [0.5, 0.6) is 0 Å². The minimum absolute atomic E-state index is 0.0760. The largest absolute Gasteiger partial charge is 0.481 e. The van der Waals surface area contributed by atoms with E-state index < -0.39 is 5.97 Å². The van der Waals surface area contributed by atoms with Crippen LogP contribution in [0.3, 0.4) is 0 Å². The second-order valence-electron chi connectivity index (χ2n) is 4.61. The Bertz CT molecular complexity index is 423. The van der Waals surface area contributed by atoms with Crippen LogP contribution < -0.4 is 10.6 Å². The molecule has 0 saturated heterocycles. The van der Waals surface area contributed by atoms with Crippen LogP contribution in [-0.4, -0.2) is 28.6 Å². The third-order valence-corrected chi connectivity index (χ3v) is 3.87. The summed E-state index contributed by atoms with van der Waals surface area (Å²) in [5.74, 6) is -1.18. The van der Waals surface area contributed by atoms with Crippen LogP contribution in [0.1, 0.15) is 44.2 Å². The van der Waals surface area contributed by atoms with E-state index in [0.717, 1.165) is 11.4 Å². The van der Waals surface area contributed by atoms with Gasteiger partial charge in [-0.3, -0.25) is 4.79 Å². The zero-order valence-corrected chi connectivity index (χ0v) is 12.6. The number of aromatic nitrogens is 1. The Labute approximate surface area is 122 Å². The number of hydrogen-bond donors (Lipinski definition) is 3. The van der Waals surface area contributed by atoms with Crippen molar-refractivity contribution in [2.75, 3.05) is 6.54 Å². The summed E-state index contributed by atoms with van der Waals surface area (Å²) in [4.78, 5) is 26.6. The Kier molecular flexibility index (Phi) is 7.00. The van der Waals surface area contributed by atoms with E-state index in [0.29, 0.717) is 19.4 Å². The summed E-state index contributed by atoms with van der Waals surface area (Å²) >= 11 is 1.51. The Morgan fingerprint density at radius 1 is 1.50 bits per heavy atom. The monoisotopic (exact) mass is 299 g/mol. The van der Waals surface area contributed by atoms with Gasteiger partial charge in [0, 0.05) is 18.1 Å². The number of urea groups is 1. The van der Waals surface area contributed by atoms with Crippen molar-refractivity contribution in [2.45, 2.75) is 39.2 Å². The molecule has 1 rings (SSSR count). The minimum atomic E-state index is -0.802. The summed E-state index contributed by atoms with van der Waals surface area (Å²) < 4.78 is 0. The number of carboxylic acids is 1. The highest BCUT2D eigenvalue weighted by Gasteiger charge is 2.15. The quantitative estimate of drug-likeness (QED) is 0.643. The molecule has 0 aromatic carbocycles. The lowest BCUT2D eigenvalue weighted by Gasteiger charge is -2.15. The number of aliphatic carboxylic acids is 1. The lowest BCUT2D eigenvalue weighted by molar-refractivity contribution is -0.141. The first kappa shape index (κ1) is 16.4. The molecular weight excluding hydrogens is 278 g/mol. The van der Waals surface area contributed by atoms with Gasteiger partial charge in [-0.15, -0.1) is 11.3 Å². The molecule has 1 aromatic heterocycles. The predicted octanol–water partition coefficient (Wildman–Crippen LogP) is 2.39. The number of carboxylic acid groups (broad SMARTS) is 1. The number of nitrogens with one attached hydrogen (secondary N) is 2. The van der Waals surface area contributed by atoms with E-state index in [9.17, 15) is 9.59 Å². The van der Waals surface area contributed by atoms with E-state index in [4.69, 9.17) is 5.11 Å². The van der Waals surface area contributed by atoms with E-state index in [2.05, 4.69) is 15.6 Å². The van der Waals surface area contributed by atoms with E-state index in [1.807, 2.05) is 12.3 Å². The maximum atomic E-state index is 11.7.